The first-order valence-electron chi connectivity index (χ1n) is 6.95. The van der Waals surface area contributed by atoms with Gasteiger partial charge < -0.3 is 5.32 Å². The standard InChI is InChI=1S/C17H13F2N3O/c18-13-7-8-14(19)15(11-13)21-17(23)16(22-10-4-9-20-22)12-5-2-1-3-6-12/h1-11,16H,(H,21,23). The van der Waals surface area contributed by atoms with Gasteiger partial charge in [-0.3, -0.25) is 9.48 Å². The van der Waals surface area contributed by atoms with E-state index < -0.39 is 23.6 Å². The van der Waals surface area contributed by atoms with Crippen LogP contribution in [0.3, 0.4) is 0 Å². The molecule has 1 N–H and O–H groups in total. The molecule has 0 aliphatic rings. The Hall–Kier alpha value is -3.02. The van der Waals surface area contributed by atoms with Crippen LogP contribution < -0.4 is 5.32 Å². The lowest BCUT2D eigenvalue weighted by Crippen LogP contribution is -2.27. The van der Waals surface area contributed by atoms with Crippen molar-refractivity contribution in [2.24, 2.45) is 0 Å². The van der Waals surface area contributed by atoms with Gasteiger partial charge in [0.2, 0.25) is 0 Å². The highest BCUT2D eigenvalue weighted by Crippen LogP contribution is 2.22. The second-order valence-corrected chi connectivity index (χ2v) is 4.91. The molecule has 2 aromatic carbocycles. The van der Waals surface area contributed by atoms with E-state index in [1.807, 2.05) is 6.07 Å². The van der Waals surface area contributed by atoms with E-state index in [4.69, 9.17) is 0 Å². The Kier molecular flexibility index (Phi) is 4.14. The number of hydrogen-bond donors (Lipinski definition) is 1. The van der Waals surface area contributed by atoms with E-state index in [2.05, 4.69) is 10.4 Å². The highest BCUT2D eigenvalue weighted by molar-refractivity contribution is 5.95. The first-order chi connectivity index (χ1) is 11.1. The molecule has 6 heteroatoms. The predicted octanol–water partition coefficient (Wildman–Crippen LogP) is 3.39. The zero-order chi connectivity index (χ0) is 16.2. The molecule has 1 heterocycles. The van der Waals surface area contributed by atoms with Gasteiger partial charge in [0, 0.05) is 18.5 Å². The summed E-state index contributed by atoms with van der Waals surface area (Å²) in [4.78, 5) is 12.6. The molecule has 0 bridgehead atoms. The lowest BCUT2D eigenvalue weighted by atomic mass is 10.1. The number of halogens is 2. The van der Waals surface area contributed by atoms with Gasteiger partial charge in [-0.25, -0.2) is 8.78 Å². The highest BCUT2D eigenvalue weighted by Gasteiger charge is 2.23. The van der Waals surface area contributed by atoms with Crippen molar-refractivity contribution in [1.29, 1.82) is 0 Å². The number of aromatic nitrogens is 2. The Bertz CT molecular complexity index is 804. The second-order valence-electron chi connectivity index (χ2n) is 4.91. The third-order valence-corrected chi connectivity index (χ3v) is 3.34. The van der Waals surface area contributed by atoms with E-state index in [0.29, 0.717) is 5.56 Å². The fourth-order valence-corrected chi connectivity index (χ4v) is 2.29. The van der Waals surface area contributed by atoms with Crippen LogP contribution in [0.5, 0.6) is 0 Å². The van der Waals surface area contributed by atoms with Gasteiger partial charge in [-0.1, -0.05) is 30.3 Å². The lowest BCUT2D eigenvalue weighted by Gasteiger charge is -2.18. The summed E-state index contributed by atoms with van der Waals surface area (Å²) >= 11 is 0. The first kappa shape index (κ1) is 14.9. The van der Waals surface area contributed by atoms with Crippen molar-refractivity contribution in [1.82, 2.24) is 9.78 Å². The van der Waals surface area contributed by atoms with Crippen LogP contribution in [0.2, 0.25) is 0 Å². The fraction of sp³-hybridized carbons (Fsp3) is 0.0588. The van der Waals surface area contributed by atoms with Crippen LogP contribution in [0.25, 0.3) is 0 Å². The van der Waals surface area contributed by atoms with Crippen molar-refractivity contribution in [2.45, 2.75) is 6.04 Å². The first-order valence-corrected chi connectivity index (χ1v) is 6.95. The predicted molar refractivity (Wildman–Crippen MR) is 81.8 cm³/mol. The Balaban J connectivity index is 1.94. The quantitative estimate of drug-likeness (QED) is 0.802. The van der Waals surface area contributed by atoms with E-state index >= 15 is 0 Å². The van der Waals surface area contributed by atoms with Crippen LogP contribution >= 0.6 is 0 Å². The maximum Gasteiger partial charge on any atom is 0.253 e. The van der Waals surface area contributed by atoms with E-state index in [1.165, 1.54) is 4.68 Å². The molecule has 0 fully saturated rings. The minimum atomic E-state index is -0.783. The molecule has 4 nitrogen and oxygen atoms in total. The molecule has 0 aliphatic heterocycles. The normalized spacial score (nSPS) is 11.9. The Labute approximate surface area is 131 Å². The zero-order valence-corrected chi connectivity index (χ0v) is 12.0. The Morgan fingerprint density at radius 1 is 1.09 bits per heavy atom. The van der Waals surface area contributed by atoms with E-state index in [9.17, 15) is 13.6 Å². The molecule has 0 saturated carbocycles. The number of nitrogens with zero attached hydrogens (tertiary/aromatic N) is 2. The molecule has 23 heavy (non-hydrogen) atoms. The number of carbonyl (C=O) groups excluding carboxylic acids is 1. The van der Waals surface area contributed by atoms with Gasteiger partial charge in [-0.05, 0) is 23.8 Å². The van der Waals surface area contributed by atoms with Gasteiger partial charge in [0.15, 0.2) is 6.04 Å². The topological polar surface area (TPSA) is 46.9 Å². The van der Waals surface area contributed by atoms with Crippen molar-refractivity contribution < 1.29 is 13.6 Å². The summed E-state index contributed by atoms with van der Waals surface area (Å²) in [6.07, 6.45) is 3.19. The SMILES string of the molecule is O=C(Nc1cc(F)ccc1F)C(c1ccccc1)n1cccn1. The van der Waals surface area contributed by atoms with Crippen molar-refractivity contribution in [3.05, 3.63) is 84.2 Å². The summed E-state index contributed by atoms with van der Waals surface area (Å²) < 4.78 is 28.5. The largest absolute Gasteiger partial charge is 0.321 e. The summed E-state index contributed by atoms with van der Waals surface area (Å²) in [5.74, 6) is -1.84. The fourth-order valence-electron chi connectivity index (χ4n) is 2.29. The van der Waals surface area contributed by atoms with Crippen LogP contribution in [0.1, 0.15) is 11.6 Å². The molecular formula is C17H13F2N3O. The van der Waals surface area contributed by atoms with Gasteiger partial charge >= 0.3 is 0 Å². The van der Waals surface area contributed by atoms with Crippen LogP contribution in [-0.2, 0) is 4.79 Å². The van der Waals surface area contributed by atoms with Crippen molar-refractivity contribution in [3.8, 4) is 0 Å². The zero-order valence-electron chi connectivity index (χ0n) is 12.0. The molecule has 1 amide bonds. The van der Waals surface area contributed by atoms with Gasteiger partial charge in [-0.2, -0.15) is 5.10 Å². The smallest absolute Gasteiger partial charge is 0.253 e. The number of anilines is 1. The second kappa shape index (κ2) is 6.39. The molecule has 116 valence electrons. The van der Waals surface area contributed by atoms with Gasteiger partial charge in [0.05, 0.1) is 5.69 Å². The van der Waals surface area contributed by atoms with Crippen LogP contribution in [0.15, 0.2) is 67.0 Å². The van der Waals surface area contributed by atoms with Crippen LogP contribution in [0, 0.1) is 11.6 Å². The van der Waals surface area contributed by atoms with E-state index in [1.54, 1.807) is 42.7 Å². The van der Waals surface area contributed by atoms with Gasteiger partial charge in [0.25, 0.3) is 5.91 Å². The molecule has 3 aromatic rings. The molecule has 1 unspecified atom stereocenters. The number of carbonyl (C=O) groups is 1. The average Bonchev–Trinajstić information content (AvgIpc) is 3.06. The van der Waals surface area contributed by atoms with Gasteiger partial charge in [-0.15, -0.1) is 0 Å². The average molecular weight is 313 g/mol. The summed E-state index contributed by atoms with van der Waals surface area (Å²) in [6.45, 7) is 0. The van der Waals surface area contributed by atoms with Crippen molar-refractivity contribution >= 4 is 11.6 Å². The minimum Gasteiger partial charge on any atom is -0.321 e. The molecule has 3 rings (SSSR count). The monoisotopic (exact) mass is 313 g/mol. The van der Waals surface area contributed by atoms with Crippen molar-refractivity contribution in [2.75, 3.05) is 5.32 Å². The lowest BCUT2D eigenvalue weighted by molar-refractivity contribution is -0.118. The summed E-state index contributed by atoms with van der Waals surface area (Å²) in [5, 5.41) is 6.51. The van der Waals surface area contributed by atoms with Crippen LogP contribution in [-0.4, -0.2) is 15.7 Å². The summed E-state index contributed by atoms with van der Waals surface area (Å²) in [7, 11) is 0. The summed E-state index contributed by atoms with van der Waals surface area (Å²) in [6, 6.07) is 12.8. The maximum atomic E-state index is 13.7. The number of amides is 1. The third-order valence-electron chi connectivity index (χ3n) is 3.34. The van der Waals surface area contributed by atoms with E-state index in [-0.39, 0.29) is 5.69 Å². The molecule has 0 spiro atoms. The molecule has 0 radical (unpaired) electrons. The minimum absolute atomic E-state index is 0.205. The highest BCUT2D eigenvalue weighted by atomic mass is 19.1. The van der Waals surface area contributed by atoms with Crippen LogP contribution in [0.4, 0.5) is 14.5 Å². The number of rotatable bonds is 4. The number of benzene rings is 2. The molecule has 0 saturated heterocycles. The molecular weight excluding hydrogens is 300 g/mol. The maximum absolute atomic E-state index is 13.7. The molecule has 1 aromatic heterocycles. The molecule has 1 atom stereocenters. The Morgan fingerprint density at radius 2 is 1.87 bits per heavy atom. The third kappa shape index (κ3) is 3.26. The molecule has 0 aliphatic carbocycles. The van der Waals surface area contributed by atoms with Crippen molar-refractivity contribution in [3.63, 3.8) is 0 Å². The van der Waals surface area contributed by atoms with E-state index in [0.717, 1.165) is 18.2 Å². The summed E-state index contributed by atoms with van der Waals surface area (Å²) in [5.41, 5.74) is 0.480. The Morgan fingerprint density at radius 3 is 2.57 bits per heavy atom. The number of hydrogen-bond acceptors (Lipinski definition) is 2. The van der Waals surface area contributed by atoms with Gasteiger partial charge in [0.1, 0.15) is 11.6 Å². The number of nitrogens with one attached hydrogen (secondary N) is 1.